The minimum Gasteiger partial charge on any atom is -0.434 e. The second-order valence-corrected chi connectivity index (χ2v) is 7.69. The van der Waals surface area contributed by atoms with Crippen LogP contribution in [0.3, 0.4) is 0 Å². The molecule has 0 amide bonds. The lowest BCUT2D eigenvalue weighted by Crippen LogP contribution is -2.06. The number of rotatable bonds is 17. The predicted molar refractivity (Wildman–Crippen MR) is 115 cm³/mol. The van der Waals surface area contributed by atoms with E-state index in [1.165, 1.54) is 81.5 Å². The van der Waals surface area contributed by atoms with Gasteiger partial charge < -0.3 is 9.47 Å². The molecule has 23 heavy (non-hydrogen) atoms. The number of ether oxygens (including phenoxy) is 2. The number of hydrogen-bond donors (Lipinski definition) is 0. The van der Waals surface area contributed by atoms with E-state index in [1.807, 2.05) is 22.6 Å². The third-order valence-corrected chi connectivity index (χ3v) is 4.99. The number of carbonyl (C=O) groups is 1. The van der Waals surface area contributed by atoms with Crippen molar-refractivity contribution >= 4 is 51.3 Å². The normalized spacial score (nSPS) is 10.7. The van der Waals surface area contributed by atoms with Crippen molar-refractivity contribution in [1.29, 1.82) is 0 Å². The lowest BCUT2D eigenvalue weighted by atomic mass is 10.0. The minimum atomic E-state index is -0.538. The van der Waals surface area contributed by atoms with E-state index in [-0.39, 0.29) is 0 Å². The van der Waals surface area contributed by atoms with Gasteiger partial charge >= 0.3 is 6.16 Å². The van der Waals surface area contributed by atoms with Gasteiger partial charge in [-0.1, -0.05) is 99.6 Å². The Morgan fingerprint density at radius 2 is 0.957 bits per heavy atom. The fraction of sp³-hybridized carbons (Fsp3) is 0.944. The lowest BCUT2D eigenvalue weighted by Gasteiger charge is -2.04. The highest BCUT2D eigenvalue weighted by Crippen LogP contribution is 2.13. The van der Waals surface area contributed by atoms with Gasteiger partial charge in [0.2, 0.25) is 0 Å². The molecule has 0 heterocycles. The first-order valence-corrected chi connectivity index (χ1v) is 12.3. The summed E-state index contributed by atoms with van der Waals surface area (Å²) in [5, 5.41) is 0. The van der Waals surface area contributed by atoms with Gasteiger partial charge in [0.15, 0.2) is 0 Å². The van der Waals surface area contributed by atoms with E-state index in [1.54, 1.807) is 0 Å². The quantitative estimate of drug-likeness (QED) is 0.0816. The van der Waals surface area contributed by atoms with E-state index in [2.05, 4.69) is 22.6 Å². The molecule has 0 unspecified atom stereocenters. The molecule has 0 aliphatic heterocycles. The molecule has 138 valence electrons. The molecule has 0 bridgehead atoms. The molecular formula is C18H34I2O3. The maximum atomic E-state index is 10.9. The van der Waals surface area contributed by atoms with Crippen LogP contribution in [0.2, 0.25) is 0 Å². The monoisotopic (exact) mass is 552 g/mol. The molecule has 0 saturated carbocycles. The van der Waals surface area contributed by atoms with Crippen molar-refractivity contribution in [3.8, 4) is 0 Å². The van der Waals surface area contributed by atoms with Crippen LogP contribution in [0, 0.1) is 0 Å². The molecule has 0 aromatic rings. The molecule has 0 aliphatic carbocycles. The zero-order valence-corrected chi connectivity index (χ0v) is 18.8. The third-order valence-electron chi connectivity index (χ3n) is 3.92. The van der Waals surface area contributed by atoms with E-state index >= 15 is 0 Å². The summed E-state index contributed by atoms with van der Waals surface area (Å²) < 4.78 is 11.3. The zero-order valence-electron chi connectivity index (χ0n) is 14.5. The summed E-state index contributed by atoms with van der Waals surface area (Å²) in [6.07, 6.45) is 18.2. The van der Waals surface area contributed by atoms with Gasteiger partial charge in [0, 0.05) is 0 Å². The Balaban J connectivity index is 3.01. The summed E-state index contributed by atoms with van der Waals surface area (Å²) in [6.45, 7) is 0.493. The van der Waals surface area contributed by atoms with Crippen LogP contribution < -0.4 is 0 Å². The van der Waals surface area contributed by atoms with Crippen LogP contribution in [0.4, 0.5) is 4.79 Å². The number of halogens is 2. The average Bonchev–Trinajstić information content (AvgIpc) is 2.54. The summed E-state index contributed by atoms with van der Waals surface area (Å²) in [5.41, 5.74) is 0. The molecule has 0 rings (SSSR count). The van der Waals surface area contributed by atoms with Crippen molar-refractivity contribution in [2.75, 3.05) is 15.6 Å². The van der Waals surface area contributed by atoms with Crippen LogP contribution in [-0.4, -0.2) is 21.8 Å². The van der Waals surface area contributed by atoms with Gasteiger partial charge in [0.25, 0.3) is 0 Å². The van der Waals surface area contributed by atoms with Crippen molar-refractivity contribution in [2.45, 2.75) is 89.9 Å². The van der Waals surface area contributed by atoms with Crippen LogP contribution in [0.15, 0.2) is 0 Å². The van der Waals surface area contributed by atoms with Gasteiger partial charge in [-0.15, -0.1) is 0 Å². The van der Waals surface area contributed by atoms with Crippen molar-refractivity contribution in [3.05, 3.63) is 0 Å². The van der Waals surface area contributed by atoms with Crippen molar-refractivity contribution in [2.24, 2.45) is 0 Å². The third kappa shape index (κ3) is 20.7. The SMILES string of the molecule is O=C(OCI)OCCCCCCCCCCCCCCCCI. The van der Waals surface area contributed by atoms with Crippen molar-refractivity contribution in [1.82, 2.24) is 0 Å². The smallest absolute Gasteiger partial charge is 0.434 e. The lowest BCUT2D eigenvalue weighted by molar-refractivity contribution is 0.0694. The molecule has 0 saturated heterocycles. The Morgan fingerprint density at radius 3 is 1.35 bits per heavy atom. The fourth-order valence-corrected chi connectivity index (χ4v) is 3.35. The van der Waals surface area contributed by atoms with Gasteiger partial charge in [0.1, 0.15) is 4.61 Å². The first-order chi connectivity index (χ1) is 11.3. The van der Waals surface area contributed by atoms with E-state index in [9.17, 15) is 4.79 Å². The van der Waals surface area contributed by atoms with Gasteiger partial charge in [-0.05, 0) is 39.9 Å². The standard InChI is InChI=1S/C18H34I2O3/c19-15-13-11-9-7-5-3-1-2-4-6-8-10-12-14-16-22-18(21)23-17-20/h1-17H2. The van der Waals surface area contributed by atoms with Crippen molar-refractivity contribution < 1.29 is 14.3 Å². The molecule has 0 spiro atoms. The summed E-state index contributed by atoms with van der Waals surface area (Å²) in [4.78, 5) is 10.9. The van der Waals surface area contributed by atoms with Gasteiger partial charge in [0.05, 0.1) is 6.61 Å². The van der Waals surface area contributed by atoms with Crippen LogP contribution in [0.25, 0.3) is 0 Å². The fourth-order valence-electron chi connectivity index (χ4n) is 2.56. The van der Waals surface area contributed by atoms with E-state index in [0.717, 1.165) is 12.8 Å². The Hall–Kier alpha value is 0.730. The van der Waals surface area contributed by atoms with Crippen LogP contribution >= 0.6 is 45.2 Å². The molecule has 0 N–H and O–H groups in total. The Morgan fingerprint density at radius 1 is 0.565 bits per heavy atom. The number of unbranched alkanes of at least 4 members (excludes halogenated alkanes) is 13. The van der Waals surface area contributed by atoms with Crippen molar-refractivity contribution in [3.63, 3.8) is 0 Å². The maximum absolute atomic E-state index is 10.9. The largest absolute Gasteiger partial charge is 0.509 e. The molecule has 0 aliphatic rings. The Bertz CT molecular complexity index is 250. The molecule has 0 fully saturated rings. The highest BCUT2D eigenvalue weighted by atomic mass is 127. The van der Waals surface area contributed by atoms with E-state index in [0.29, 0.717) is 11.2 Å². The highest BCUT2D eigenvalue weighted by molar-refractivity contribution is 14.1. The van der Waals surface area contributed by atoms with Crippen LogP contribution in [0.5, 0.6) is 0 Å². The maximum Gasteiger partial charge on any atom is 0.509 e. The molecule has 3 nitrogen and oxygen atoms in total. The first-order valence-electron chi connectivity index (χ1n) is 9.22. The molecule has 0 atom stereocenters. The summed E-state index contributed by atoms with van der Waals surface area (Å²) >= 11 is 4.45. The summed E-state index contributed by atoms with van der Waals surface area (Å²) in [5.74, 6) is 0. The topological polar surface area (TPSA) is 35.5 Å². The Labute approximate surface area is 170 Å². The average molecular weight is 552 g/mol. The zero-order chi connectivity index (χ0) is 17.0. The summed E-state index contributed by atoms with van der Waals surface area (Å²) in [6, 6.07) is 0. The van der Waals surface area contributed by atoms with E-state index in [4.69, 9.17) is 9.47 Å². The highest BCUT2D eigenvalue weighted by Gasteiger charge is 2.01. The molecule has 0 radical (unpaired) electrons. The van der Waals surface area contributed by atoms with E-state index < -0.39 is 6.16 Å². The first kappa shape index (κ1) is 23.7. The second kappa shape index (κ2) is 20.8. The predicted octanol–water partition coefficient (Wildman–Crippen LogP) is 7.43. The van der Waals surface area contributed by atoms with Gasteiger partial charge in [-0.3, -0.25) is 0 Å². The molecular weight excluding hydrogens is 518 g/mol. The number of alkyl halides is 2. The summed E-state index contributed by atoms with van der Waals surface area (Å²) in [7, 11) is 0. The number of carbonyl (C=O) groups excluding carboxylic acids is 1. The molecule has 5 heteroatoms. The minimum absolute atomic E-state index is 0.356. The van der Waals surface area contributed by atoms with Crippen LogP contribution in [-0.2, 0) is 9.47 Å². The van der Waals surface area contributed by atoms with Gasteiger partial charge in [-0.25, -0.2) is 4.79 Å². The Kier molecular flexibility index (Phi) is 21.4. The van der Waals surface area contributed by atoms with Gasteiger partial charge in [-0.2, -0.15) is 0 Å². The van der Waals surface area contributed by atoms with Crippen LogP contribution in [0.1, 0.15) is 89.9 Å². The second-order valence-electron chi connectivity index (χ2n) is 5.99. The molecule has 0 aromatic carbocycles. The molecule has 0 aromatic heterocycles. The number of hydrogen-bond acceptors (Lipinski definition) is 3.